The van der Waals surface area contributed by atoms with E-state index in [1.807, 2.05) is 0 Å². The molecule has 158 valence electrons. The largest absolute Gasteiger partial charge is 0.460 e. The standard InChI is InChI=1S/C23H23ClFNO4/c1-15-22(23(28)30-11-10-29-2)20(17-6-8-18(24)9-7-17)13-21(27)26(15)14-16-4-3-5-19(25)12-16/h3-9,12,20H,10-11,13-14H2,1-2H3. The molecule has 0 saturated carbocycles. The average Bonchev–Trinajstić information content (AvgIpc) is 2.71. The summed E-state index contributed by atoms with van der Waals surface area (Å²) in [4.78, 5) is 27.4. The van der Waals surface area contributed by atoms with Crippen LogP contribution in [0.3, 0.4) is 0 Å². The smallest absolute Gasteiger partial charge is 0.336 e. The maximum Gasteiger partial charge on any atom is 0.336 e. The lowest BCUT2D eigenvalue weighted by Crippen LogP contribution is -2.38. The zero-order valence-corrected chi connectivity index (χ0v) is 17.6. The molecule has 0 saturated heterocycles. The summed E-state index contributed by atoms with van der Waals surface area (Å²) in [5, 5.41) is 0.568. The van der Waals surface area contributed by atoms with E-state index in [0.29, 0.717) is 21.9 Å². The van der Waals surface area contributed by atoms with Crippen molar-refractivity contribution in [1.82, 2.24) is 4.90 Å². The number of allylic oxidation sites excluding steroid dienone is 1. The molecule has 1 unspecified atom stereocenters. The lowest BCUT2D eigenvalue weighted by molar-refractivity contribution is -0.141. The number of carbonyl (C=O) groups excluding carboxylic acids is 2. The summed E-state index contributed by atoms with van der Waals surface area (Å²) in [6, 6.07) is 13.1. The zero-order valence-electron chi connectivity index (χ0n) is 16.9. The molecule has 1 aliphatic heterocycles. The molecule has 30 heavy (non-hydrogen) atoms. The van der Waals surface area contributed by atoms with Crippen LogP contribution in [0, 0.1) is 5.82 Å². The highest BCUT2D eigenvalue weighted by Gasteiger charge is 2.37. The summed E-state index contributed by atoms with van der Waals surface area (Å²) in [6.07, 6.45) is 0.100. The van der Waals surface area contributed by atoms with Crippen LogP contribution in [0.2, 0.25) is 5.02 Å². The van der Waals surface area contributed by atoms with Gasteiger partial charge in [-0.25, -0.2) is 9.18 Å². The Balaban J connectivity index is 1.98. The highest BCUT2D eigenvalue weighted by molar-refractivity contribution is 6.30. The number of hydrogen-bond donors (Lipinski definition) is 0. The zero-order chi connectivity index (χ0) is 21.7. The van der Waals surface area contributed by atoms with Gasteiger partial charge < -0.3 is 14.4 Å². The molecule has 7 heteroatoms. The Morgan fingerprint density at radius 2 is 1.93 bits per heavy atom. The monoisotopic (exact) mass is 431 g/mol. The van der Waals surface area contributed by atoms with Crippen LogP contribution in [-0.2, 0) is 25.6 Å². The highest BCUT2D eigenvalue weighted by atomic mass is 35.5. The fourth-order valence-corrected chi connectivity index (χ4v) is 3.69. The van der Waals surface area contributed by atoms with E-state index in [1.165, 1.54) is 24.1 Å². The molecule has 0 bridgehead atoms. The van der Waals surface area contributed by atoms with Crippen LogP contribution in [0.1, 0.15) is 30.4 Å². The van der Waals surface area contributed by atoms with Crippen molar-refractivity contribution in [1.29, 1.82) is 0 Å². The van der Waals surface area contributed by atoms with Crippen LogP contribution in [0.4, 0.5) is 4.39 Å². The lowest BCUT2D eigenvalue weighted by Gasteiger charge is -2.34. The van der Waals surface area contributed by atoms with Crippen molar-refractivity contribution >= 4 is 23.5 Å². The van der Waals surface area contributed by atoms with E-state index in [0.717, 1.165) is 5.56 Å². The first kappa shape index (κ1) is 22.0. The second-order valence-corrected chi connectivity index (χ2v) is 7.48. The number of nitrogens with zero attached hydrogens (tertiary/aromatic N) is 1. The summed E-state index contributed by atoms with van der Waals surface area (Å²) in [5.41, 5.74) is 2.35. The molecule has 0 fully saturated rings. The molecule has 2 aromatic carbocycles. The minimum Gasteiger partial charge on any atom is -0.460 e. The molecular formula is C23H23ClFNO4. The van der Waals surface area contributed by atoms with Gasteiger partial charge in [-0.15, -0.1) is 0 Å². The first-order chi connectivity index (χ1) is 14.4. The Hall–Kier alpha value is -2.70. The van der Waals surface area contributed by atoms with E-state index in [-0.39, 0.29) is 37.9 Å². The fourth-order valence-electron chi connectivity index (χ4n) is 3.56. The van der Waals surface area contributed by atoms with Crippen molar-refractivity contribution in [3.05, 3.63) is 81.8 Å². The summed E-state index contributed by atoms with van der Waals surface area (Å²) < 4.78 is 23.9. The van der Waals surface area contributed by atoms with Crippen molar-refractivity contribution in [2.75, 3.05) is 20.3 Å². The van der Waals surface area contributed by atoms with E-state index < -0.39 is 11.9 Å². The SMILES string of the molecule is COCCOC(=O)C1=C(C)N(Cc2cccc(F)c2)C(=O)CC1c1ccc(Cl)cc1. The van der Waals surface area contributed by atoms with Crippen molar-refractivity contribution in [3.8, 4) is 0 Å². The number of hydrogen-bond acceptors (Lipinski definition) is 4. The van der Waals surface area contributed by atoms with Crippen molar-refractivity contribution in [3.63, 3.8) is 0 Å². The van der Waals surface area contributed by atoms with Gasteiger partial charge in [0, 0.05) is 30.2 Å². The number of ether oxygens (including phenoxy) is 2. The molecule has 1 amide bonds. The normalized spacial score (nSPS) is 16.7. The van der Waals surface area contributed by atoms with Gasteiger partial charge in [0.15, 0.2) is 0 Å². The van der Waals surface area contributed by atoms with Crippen LogP contribution in [0.15, 0.2) is 59.8 Å². The number of benzene rings is 2. The van der Waals surface area contributed by atoms with Crippen LogP contribution in [-0.4, -0.2) is 37.1 Å². The van der Waals surface area contributed by atoms with Crippen molar-refractivity contribution in [2.45, 2.75) is 25.8 Å². The van der Waals surface area contributed by atoms with Crippen LogP contribution in [0.25, 0.3) is 0 Å². The van der Waals surface area contributed by atoms with Crippen LogP contribution >= 0.6 is 11.6 Å². The van der Waals surface area contributed by atoms with Gasteiger partial charge >= 0.3 is 5.97 Å². The quantitative estimate of drug-likeness (QED) is 0.480. The first-order valence-corrected chi connectivity index (χ1v) is 9.95. The number of esters is 1. The Bertz CT molecular complexity index is 958. The third-order valence-corrected chi connectivity index (χ3v) is 5.32. The minimum absolute atomic E-state index is 0.100. The van der Waals surface area contributed by atoms with E-state index in [2.05, 4.69) is 0 Å². The second-order valence-electron chi connectivity index (χ2n) is 7.05. The third kappa shape index (κ3) is 5.07. The number of carbonyl (C=O) groups is 2. The molecular weight excluding hydrogens is 409 g/mol. The average molecular weight is 432 g/mol. The molecule has 1 aliphatic rings. The predicted molar refractivity (Wildman–Crippen MR) is 111 cm³/mol. The van der Waals surface area contributed by atoms with Gasteiger partial charge in [-0.2, -0.15) is 0 Å². The fraction of sp³-hybridized carbons (Fsp3) is 0.304. The number of halogens is 2. The molecule has 0 radical (unpaired) electrons. The lowest BCUT2D eigenvalue weighted by atomic mass is 9.83. The topological polar surface area (TPSA) is 55.8 Å². The van der Waals surface area contributed by atoms with Gasteiger partial charge in [0.1, 0.15) is 12.4 Å². The summed E-state index contributed by atoms with van der Waals surface area (Å²) in [6.45, 7) is 2.27. The predicted octanol–water partition coefficient (Wildman–Crippen LogP) is 4.46. The minimum atomic E-state index is -0.499. The number of methoxy groups -OCH3 is 1. The molecule has 0 aromatic heterocycles. The van der Waals surface area contributed by atoms with E-state index in [9.17, 15) is 14.0 Å². The van der Waals surface area contributed by atoms with E-state index in [4.69, 9.17) is 21.1 Å². The van der Waals surface area contributed by atoms with Gasteiger partial charge in [-0.1, -0.05) is 35.9 Å². The van der Waals surface area contributed by atoms with Gasteiger partial charge in [-0.05, 0) is 42.3 Å². The van der Waals surface area contributed by atoms with Crippen LogP contribution in [0.5, 0.6) is 0 Å². The van der Waals surface area contributed by atoms with Gasteiger partial charge in [-0.3, -0.25) is 4.79 Å². The number of amides is 1. The Morgan fingerprint density at radius 3 is 2.60 bits per heavy atom. The molecule has 2 aromatic rings. The summed E-state index contributed by atoms with van der Waals surface area (Å²) >= 11 is 5.99. The molecule has 5 nitrogen and oxygen atoms in total. The number of rotatable bonds is 7. The van der Waals surface area contributed by atoms with E-state index >= 15 is 0 Å². The Kier molecular flexibility index (Phi) is 7.24. The molecule has 0 aliphatic carbocycles. The van der Waals surface area contributed by atoms with Gasteiger partial charge in [0.2, 0.25) is 5.91 Å². The first-order valence-electron chi connectivity index (χ1n) is 9.57. The van der Waals surface area contributed by atoms with Gasteiger partial charge in [0.25, 0.3) is 0 Å². The molecule has 3 rings (SSSR count). The maximum absolute atomic E-state index is 13.6. The molecule has 1 heterocycles. The molecule has 0 N–H and O–H groups in total. The Labute approximate surface area is 180 Å². The van der Waals surface area contributed by atoms with E-state index in [1.54, 1.807) is 43.3 Å². The van der Waals surface area contributed by atoms with Gasteiger partial charge in [0.05, 0.1) is 18.7 Å². The van der Waals surface area contributed by atoms with Crippen molar-refractivity contribution in [2.24, 2.45) is 0 Å². The molecule has 0 spiro atoms. The second kappa shape index (κ2) is 9.87. The Morgan fingerprint density at radius 1 is 1.20 bits per heavy atom. The maximum atomic E-state index is 13.6. The summed E-state index contributed by atoms with van der Waals surface area (Å²) in [5.74, 6) is -1.48. The van der Waals surface area contributed by atoms with Crippen LogP contribution < -0.4 is 0 Å². The van der Waals surface area contributed by atoms with Crippen molar-refractivity contribution < 1.29 is 23.5 Å². The highest BCUT2D eigenvalue weighted by Crippen LogP contribution is 2.38. The third-order valence-electron chi connectivity index (χ3n) is 5.07. The summed E-state index contributed by atoms with van der Waals surface area (Å²) in [7, 11) is 1.52. The molecule has 1 atom stereocenters.